The average molecular weight is 504 g/mol. The molecule has 0 fully saturated rings. The second kappa shape index (κ2) is 8.09. The van der Waals surface area contributed by atoms with Crippen molar-refractivity contribution in [3.8, 4) is 5.69 Å². The van der Waals surface area contributed by atoms with Crippen LogP contribution in [0.15, 0.2) is 40.3 Å². The Bertz CT molecular complexity index is 1050. The van der Waals surface area contributed by atoms with Crippen molar-refractivity contribution >= 4 is 60.1 Å². The molecule has 1 aromatic carbocycles. The van der Waals surface area contributed by atoms with Crippen LogP contribution in [0.4, 0.5) is 0 Å². The molecule has 142 valence electrons. The van der Waals surface area contributed by atoms with E-state index in [1.807, 2.05) is 46.2 Å². The van der Waals surface area contributed by atoms with E-state index in [-0.39, 0.29) is 33.1 Å². The zero-order chi connectivity index (χ0) is 17.7. The van der Waals surface area contributed by atoms with E-state index < -0.39 is 0 Å². The van der Waals surface area contributed by atoms with Gasteiger partial charge in [-0.05, 0) is 0 Å². The molecule has 8 heteroatoms. The van der Waals surface area contributed by atoms with E-state index in [9.17, 15) is 4.79 Å². The summed E-state index contributed by atoms with van der Waals surface area (Å²) < 4.78 is 4.38. The quantitative estimate of drug-likeness (QED) is 0.294. The predicted octanol–water partition coefficient (Wildman–Crippen LogP) is 0.823. The first-order valence-electron chi connectivity index (χ1n) is 8.84. The minimum atomic E-state index is 0. The van der Waals surface area contributed by atoms with Gasteiger partial charge in [-0.3, -0.25) is 0 Å². The van der Waals surface area contributed by atoms with Crippen LogP contribution in [-0.2, 0) is 12.8 Å². The van der Waals surface area contributed by atoms with Crippen LogP contribution < -0.4 is 21.5 Å². The molecule has 1 aliphatic carbocycles. The van der Waals surface area contributed by atoms with E-state index in [2.05, 4.69) is 3.58 Å². The summed E-state index contributed by atoms with van der Waals surface area (Å²) in [4.78, 5) is 16.7. The molecule has 3 nitrogen and oxygen atoms in total. The van der Waals surface area contributed by atoms with Crippen molar-refractivity contribution < 1.29 is 16.0 Å². The van der Waals surface area contributed by atoms with Crippen molar-refractivity contribution in [2.24, 2.45) is 0 Å². The number of aryl methyl sites for hydroxylation is 2. The summed E-state index contributed by atoms with van der Waals surface area (Å²) in [6.07, 6.45) is 4.59. The maximum absolute atomic E-state index is 13.6. The molecule has 0 amide bonds. The number of thiophene rings is 1. The van der Waals surface area contributed by atoms with Gasteiger partial charge in [0.05, 0.1) is 0 Å². The van der Waals surface area contributed by atoms with Crippen molar-refractivity contribution in [3.63, 3.8) is 0 Å². The first kappa shape index (κ1) is 19.8. The Balaban J connectivity index is 0.00000180. The third-order valence-electron chi connectivity index (χ3n) is 4.96. The first-order valence-corrected chi connectivity index (χ1v) is 12.9. The molecule has 0 spiro atoms. The summed E-state index contributed by atoms with van der Waals surface area (Å²) >= 11 is 10.1. The Morgan fingerprint density at radius 1 is 1.22 bits per heavy atom. The molecule has 0 saturated heterocycles. The van der Waals surface area contributed by atoms with Crippen LogP contribution in [0.25, 0.3) is 15.9 Å². The summed E-state index contributed by atoms with van der Waals surface area (Å²) in [5, 5.41) is 2.05. The molecule has 5 rings (SSSR count). The molecular formula is C19H18Cl2N2OS2Se. The number of thioether (sulfide) groups is 1. The number of nitrogens with zero attached hydrogens (tertiary/aromatic N) is 2. The Morgan fingerprint density at radius 2 is 2.00 bits per heavy atom. The minimum absolute atomic E-state index is 0. The zero-order valence-corrected chi connectivity index (χ0v) is 19.3. The summed E-state index contributed by atoms with van der Waals surface area (Å²) in [5.74, 6) is 1.68. The van der Waals surface area contributed by atoms with Crippen molar-refractivity contribution in [3.05, 3.63) is 51.1 Å². The second-order valence-corrected chi connectivity index (χ2v) is 11.6. The Morgan fingerprint density at radius 3 is 2.78 bits per heavy atom. The zero-order valence-electron chi connectivity index (χ0n) is 14.5. The molecule has 0 saturated carbocycles. The molecule has 2 aliphatic rings. The molecule has 1 aliphatic heterocycles. The van der Waals surface area contributed by atoms with Crippen LogP contribution in [-0.4, -0.2) is 31.4 Å². The van der Waals surface area contributed by atoms with Crippen molar-refractivity contribution in [2.45, 2.75) is 35.7 Å². The number of fused-ring (bicyclic) bond motifs is 5. The Labute approximate surface area is 183 Å². The molecule has 3 heterocycles. The molecule has 0 N–H and O–H groups in total. The van der Waals surface area contributed by atoms with Gasteiger partial charge >= 0.3 is 172 Å². The van der Waals surface area contributed by atoms with Crippen LogP contribution in [0.3, 0.4) is 0 Å². The third kappa shape index (κ3) is 3.29. The molecule has 27 heavy (non-hydrogen) atoms. The largest absolute Gasteiger partial charge is 1.00 e. The van der Waals surface area contributed by atoms with E-state index in [0.717, 1.165) is 34.8 Å². The van der Waals surface area contributed by atoms with Gasteiger partial charge in [0.25, 0.3) is 0 Å². The van der Waals surface area contributed by atoms with Crippen molar-refractivity contribution in [1.29, 1.82) is 0 Å². The third-order valence-corrected chi connectivity index (χ3v) is 11.7. The van der Waals surface area contributed by atoms with Gasteiger partial charge in [0.15, 0.2) is 0 Å². The number of benzene rings is 1. The van der Waals surface area contributed by atoms with E-state index >= 15 is 0 Å². The van der Waals surface area contributed by atoms with Crippen LogP contribution >= 0.6 is 34.7 Å². The van der Waals surface area contributed by atoms with Gasteiger partial charge in [0.1, 0.15) is 0 Å². The fourth-order valence-corrected chi connectivity index (χ4v) is 9.97. The van der Waals surface area contributed by atoms with Crippen molar-refractivity contribution in [2.75, 3.05) is 11.6 Å². The van der Waals surface area contributed by atoms with Crippen molar-refractivity contribution in [1.82, 2.24) is 4.57 Å². The van der Waals surface area contributed by atoms with E-state index in [1.54, 1.807) is 11.8 Å². The van der Waals surface area contributed by atoms with Gasteiger partial charge in [0, 0.05) is 0 Å². The van der Waals surface area contributed by atoms with Gasteiger partial charge in [0.2, 0.25) is 0 Å². The standard InChI is InChI=1S/C19H18ClN2OS2Se.ClH/c20-10-13-11-24-19-21(12-6-2-1-3-7-12)17(23)16-14-8-4-5-9-15(14)25-18(16)22(19)26-13;/h1-3,6-7,13H,4-5,8-11H2;1H/q+1;/p-1. The SMILES string of the molecule is O=c1c2c3c(sc2[n+]2c(n1-c1ccccc1)SCC(CCl)[Se]2)CCCC3.[Cl-]. The second-order valence-electron chi connectivity index (χ2n) is 6.64. The molecule has 2 aromatic heterocycles. The number of hydrogen-bond acceptors (Lipinski definition) is 3. The van der Waals surface area contributed by atoms with Crippen LogP contribution in [0.5, 0.6) is 0 Å². The van der Waals surface area contributed by atoms with Crippen LogP contribution in [0.2, 0.25) is 4.82 Å². The number of rotatable bonds is 2. The predicted molar refractivity (Wildman–Crippen MR) is 111 cm³/mol. The van der Waals surface area contributed by atoms with Gasteiger partial charge < -0.3 is 12.4 Å². The fourth-order valence-electron chi connectivity index (χ4n) is 3.73. The number of aromatic nitrogens is 2. The first-order chi connectivity index (χ1) is 12.8. The number of alkyl halides is 1. The number of hydrogen-bond donors (Lipinski definition) is 0. The fraction of sp³-hybridized carbons (Fsp3) is 0.368. The van der Waals surface area contributed by atoms with E-state index in [4.69, 9.17) is 11.6 Å². The number of para-hydroxylation sites is 1. The maximum atomic E-state index is 13.6. The Hall–Kier alpha value is -0.491. The van der Waals surface area contributed by atoms with Crippen LogP contribution in [0.1, 0.15) is 23.3 Å². The van der Waals surface area contributed by atoms with E-state index in [1.165, 1.54) is 28.1 Å². The van der Waals surface area contributed by atoms with E-state index in [0.29, 0.717) is 10.7 Å². The normalized spacial score (nSPS) is 18.6. The summed E-state index contributed by atoms with van der Waals surface area (Å²) in [7, 11) is 0. The Kier molecular flexibility index (Phi) is 5.94. The molecule has 0 bridgehead atoms. The molecule has 0 radical (unpaired) electrons. The molecule has 3 aromatic rings. The molecule has 1 unspecified atom stereocenters. The van der Waals surface area contributed by atoms with Gasteiger partial charge in [-0.2, -0.15) is 0 Å². The van der Waals surface area contributed by atoms with Gasteiger partial charge in [-0.25, -0.2) is 0 Å². The summed E-state index contributed by atoms with van der Waals surface area (Å²) in [5.41, 5.74) is 2.44. The monoisotopic (exact) mass is 504 g/mol. The van der Waals surface area contributed by atoms with Crippen LogP contribution in [0, 0.1) is 0 Å². The molecular weight excluding hydrogens is 486 g/mol. The maximum Gasteiger partial charge on any atom is -1.00 e. The summed E-state index contributed by atoms with van der Waals surface area (Å²) in [6.45, 7) is 0. The smallest absolute Gasteiger partial charge is 1.00 e. The van der Waals surface area contributed by atoms with Gasteiger partial charge in [-0.1, -0.05) is 0 Å². The topological polar surface area (TPSA) is 25.9 Å². The minimum Gasteiger partial charge on any atom is -1.00 e. The summed E-state index contributed by atoms with van der Waals surface area (Å²) in [6, 6.07) is 10.1. The number of halogens is 2. The average Bonchev–Trinajstić information content (AvgIpc) is 3.09. The molecule has 1 atom stereocenters. The van der Waals surface area contributed by atoms with Gasteiger partial charge in [-0.15, -0.1) is 0 Å².